The fraction of sp³-hybridized carbons (Fsp3) is 0.667. The molecule has 1 rings (SSSR count). The Balaban J connectivity index is 3.08. The first-order valence-corrected chi connectivity index (χ1v) is 6.35. The van der Waals surface area contributed by atoms with Gasteiger partial charge in [-0.25, -0.2) is 0 Å². The van der Waals surface area contributed by atoms with Gasteiger partial charge in [0.05, 0.1) is 24.4 Å². The molecule has 1 heterocycles. The summed E-state index contributed by atoms with van der Waals surface area (Å²) in [6.45, 7) is 4.39. The number of nitrogens with zero attached hydrogens (tertiary/aromatic N) is 2. The van der Waals surface area contributed by atoms with E-state index in [-0.39, 0.29) is 16.5 Å². The third-order valence-corrected chi connectivity index (χ3v) is 3.39. The first-order chi connectivity index (χ1) is 8.50. The van der Waals surface area contributed by atoms with E-state index in [9.17, 15) is 9.90 Å². The van der Waals surface area contributed by atoms with Crippen molar-refractivity contribution in [1.29, 1.82) is 0 Å². The summed E-state index contributed by atoms with van der Waals surface area (Å²) in [7, 11) is 1.57. The zero-order valence-electron chi connectivity index (χ0n) is 10.9. The number of aromatic nitrogens is 2. The molecule has 0 saturated carbocycles. The van der Waals surface area contributed by atoms with Crippen LogP contribution in [-0.2, 0) is 11.3 Å². The van der Waals surface area contributed by atoms with Crippen LogP contribution < -0.4 is 0 Å². The lowest BCUT2D eigenvalue weighted by molar-refractivity contribution is 0.0265. The number of aliphatic hydroxyl groups is 1. The van der Waals surface area contributed by atoms with Gasteiger partial charge in [-0.1, -0.05) is 25.4 Å². The van der Waals surface area contributed by atoms with Crippen molar-refractivity contribution >= 4 is 17.4 Å². The maximum Gasteiger partial charge on any atom is 0.213 e. The summed E-state index contributed by atoms with van der Waals surface area (Å²) in [4.78, 5) is 12.4. The molecule has 0 aromatic carbocycles. The zero-order chi connectivity index (χ0) is 13.8. The van der Waals surface area contributed by atoms with Gasteiger partial charge in [-0.15, -0.1) is 0 Å². The number of hydrogen-bond donors (Lipinski definition) is 1. The second kappa shape index (κ2) is 6.31. The van der Waals surface area contributed by atoms with E-state index in [0.29, 0.717) is 26.0 Å². The summed E-state index contributed by atoms with van der Waals surface area (Å²) in [6, 6.07) is 0. The number of rotatable bonds is 7. The Kier molecular flexibility index (Phi) is 5.31. The number of hydrogen-bond acceptors (Lipinski definition) is 4. The van der Waals surface area contributed by atoms with E-state index in [1.54, 1.807) is 21.0 Å². The van der Waals surface area contributed by atoms with Crippen LogP contribution in [0, 0.1) is 0 Å². The predicted molar refractivity (Wildman–Crippen MR) is 69.0 cm³/mol. The number of carbonyl (C=O) groups is 1. The van der Waals surface area contributed by atoms with Gasteiger partial charge in [0.1, 0.15) is 11.3 Å². The van der Waals surface area contributed by atoms with Crippen LogP contribution in [0.15, 0.2) is 6.20 Å². The molecule has 0 aliphatic rings. The van der Waals surface area contributed by atoms with E-state index in [1.807, 2.05) is 0 Å². The van der Waals surface area contributed by atoms with Crippen LogP contribution in [0.2, 0.25) is 5.02 Å². The van der Waals surface area contributed by atoms with Crippen LogP contribution in [0.4, 0.5) is 0 Å². The van der Waals surface area contributed by atoms with E-state index in [0.717, 1.165) is 0 Å². The van der Waals surface area contributed by atoms with Crippen LogP contribution >= 0.6 is 11.6 Å². The smallest absolute Gasteiger partial charge is 0.213 e. The Morgan fingerprint density at radius 3 is 2.67 bits per heavy atom. The summed E-state index contributed by atoms with van der Waals surface area (Å²) in [6.07, 6.45) is 2.10. The van der Waals surface area contributed by atoms with E-state index >= 15 is 0 Å². The molecule has 0 bridgehead atoms. The fourth-order valence-electron chi connectivity index (χ4n) is 1.73. The Morgan fingerprint density at radius 1 is 1.56 bits per heavy atom. The van der Waals surface area contributed by atoms with Crippen molar-refractivity contribution in [2.45, 2.75) is 38.8 Å². The Morgan fingerprint density at radius 2 is 2.17 bits per heavy atom. The predicted octanol–water partition coefficient (Wildman–Crippen LogP) is 1.92. The number of methoxy groups -OCH3 is 1. The molecule has 0 unspecified atom stereocenters. The summed E-state index contributed by atoms with van der Waals surface area (Å²) in [5.74, 6) is -0.383. The molecule has 0 aliphatic heterocycles. The van der Waals surface area contributed by atoms with Gasteiger partial charge in [0.15, 0.2) is 0 Å². The monoisotopic (exact) mass is 274 g/mol. The van der Waals surface area contributed by atoms with Gasteiger partial charge in [-0.2, -0.15) is 5.10 Å². The third kappa shape index (κ3) is 2.91. The highest BCUT2D eigenvalue weighted by molar-refractivity contribution is 6.34. The molecule has 0 atom stereocenters. The van der Waals surface area contributed by atoms with Crippen LogP contribution in [0.1, 0.15) is 37.2 Å². The van der Waals surface area contributed by atoms with E-state index in [1.165, 1.54) is 10.9 Å². The van der Waals surface area contributed by atoms with Gasteiger partial charge in [-0.05, 0) is 12.8 Å². The molecule has 1 aromatic rings. The maximum atomic E-state index is 12.4. The number of Topliss-reactive ketones (excluding diaryl/α,β-unsaturated/α-hetero) is 1. The van der Waals surface area contributed by atoms with Crippen LogP contribution in [0.25, 0.3) is 0 Å². The molecule has 1 aromatic heterocycles. The average molecular weight is 275 g/mol. The van der Waals surface area contributed by atoms with Crippen LogP contribution in [0.3, 0.4) is 0 Å². The maximum absolute atomic E-state index is 12.4. The van der Waals surface area contributed by atoms with Gasteiger partial charge in [0.25, 0.3) is 0 Å². The lowest BCUT2D eigenvalue weighted by Gasteiger charge is -2.23. The highest BCUT2D eigenvalue weighted by Crippen LogP contribution is 2.25. The molecule has 18 heavy (non-hydrogen) atoms. The highest BCUT2D eigenvalue weighted by Gasteiger charge is 2.36. The van der Waals surface area contributed by atoms with Crippen LogP contribution in [-0.4, -0.2) is 40.0 Å². The lowest BCUT2D eigenvalue weighted by atomic mass is 9.90. The quantitative estimate of drug-likeness (QED) is 0.772. The molecule has 1 N–H and O–H groups in total. The lowest BCUT2D eigenvalue weighted by Crippen LogP contribution is -2.38. The molecular weight excluding hydrogens is 256 g/mol. The van der Waals surface area contributed by atoms with E-state index < -0.39 is 5.60 Å². The fourth-order valence-corrected chi connectivity index (χ4v) is 1.95. The normalized spacial score (nSPS) is 11.8. The molecule has 0 aliphatic carbocycles. The van der Waals surface area contributed by atoms with Crippen molar-refractivity contribution in [3.63, 3.8) is 0 Å². The van der Waals surface area contributed by atoms with Crippen molar-refractivity contribution in [3.05, 3.63) is 16.9 Å². The van der Waals surface area contributed by atoms with Gasteiger partial charge in [0.2, 0.25) is 5.78 Å². The standard InChI is InChI=1S/C12H19ClN2O3/c1-4-12(17,5-2)11(16)10-9(13)8-14-15(10)6-7-18-3/h8,17H,4-7H2,1-3H3. The number of halogens is 1. The minimum absolute atomic E-state index is 0.250. The van der Waals surface area contributed by atoms with Crippen molar-refractivity contribution in [2.75, 3.05) is 13.7 Å². The first kappa shape index (κ1) is 15.1. The van der Waals surface area contributed by atoms with Crippen molar-refractivity contribution in [2.24, 2.45) is 0 Å². The first-order valence-electron chi connectivity index (χ1n) is 5.97. The minimum Gasteiger partial charge on any atom is -0.383 e. The second-order valence-corrected chi connectivity index (χ2v) is 4.53. The van der Waals surface area contributed by atoms with Crippen LogP contribution in [0.5, 0.6) is 0 Å². The molecule has 6 heteroatoms. The second-order valence-electron chi connectivity index (χ2n) is 4.12. The topological polar surface area (TPSA) is 64.3 Å². The summed E-state index contributed by atoms with van der Waals surface area (Å²) in [5, 5.41) is 14.6. The molecule has 0 amide bonds. The van der Waals surface area contributed by atoms with Gasteiger partial charge in [-0.3, -0.25) is 9.48 Å². The Labute approximate surface area is 112 Å². The number of ketones is 1. The molecule has 0 spiro atoms. The van der Waals surface area contributed by atoms with Crippen molar-refractivity contribution < 1.29 is 14.6 Å². The molecule has 0 radical (unpaired) electrons. The van der Waals surface area contributed by atoms with Gasteiger partial charge < -0.3 is 9.84 Å². The molecule has 102 valence electrons. The number of carbonyl (C=O) groups excluding carboxylic acids is 1. The third-order valence-electron chi connectivity index (χ3n) is 3.11. The summed E-state index contributed by atoms with van der Waals surface area (Å²) >= 11 is 5.98. The van der Waals surface area contributed by atoms with Crippen molar-refractivity contribution in [1.82, 2.24) is 9.78 Å². The minimum atomic E-state index is -1.38. The largest absolute Gasteiger partial charge is 0.383 e. The van der Waals surface area contributed by atoms with E-state index in [2.05, 4.69) is 5.10 Å². The molecule has 5 nitrogen and oxygen atoms in total. The molecular formula is C12H19ClN2O3. The number of ether oxygens (including phenoxy) is 1. The zero-order valence-corrected chi connectivity index (χ0v) is 11.7. The summed E-state index contributed by atoms with van der Waals surface area (Å²) in [5.41, 5.74) is -1.13. The average Bonchev–Trinajstić information content (AvgIpc) is 2.75. The van der Waals surface area contributed by atoms with Gasteiger partial charge >= 0.3 is 0 Å². The Hall–Kier alpha value is -0.910. The van der Waals surface area contributed by atoms with Gasteiger partial charge in [0, 0.05) is 7.11 Å². The molecule has 0 fully saturated rings. The van der Waals surface area contributed by atoms with Crippen molar-refractivity contribution in [3.8, 4) is 0 Å². The SMILES string of the molecule is CCC(O)(CC)C(=O)c1c(Cl)cnn1CCOC. The van der Waals surface area contributed by atoms with E-state index in [4.69, 9.17) is 16.3 Å². The Bertz CT molecular complexity index is 413. The highest BCUT2D eigenvalue weighted by atomic mass is 35.5. The summed E-state index contributed by atoms with van der Waals surface area (Å²) < 4.78 is 6.43. The molecule has 0 saturated heterocycles.